The summed E-state index contributed by atoms with van der Waals surface area (Å²) in [5.41, 5.74) is 0. The van der Waals surface area contributed by atoms with Gasteiger partial charge in [0.05, 0.1) is 6.61 Å². The summed E-state index contributed by atoms with van der Waals surface area (Å²) >= 11 is 0. The van der Waals surface area contributed by atoms with Crippen LogP contribution in [0.5, 0.6) is 11.5 Å². The highest BCUT2D eigenvalue weighted by Gasteiger charge is 2.25. The maximum atomic E-state index is 11.4. The topological polar surface area (TPSA) is 47.6 Å². The van der Waals surface area contributed by atoms with E-state index in [0.717, 1.165) is 36.9 Å². The molecule has 0 unspecified atom stereocenters. The van der Waals surface area contributed by atoms with Crippen LogP contribution in [0.1, 0.15) is 25.7 Å². The maximum Gasteiger partial charge on any atom is 0.261 e. The molecule has 19 heavy (non-hydrogen) atoms. The van der Waals surface area contributed by atoms with Gasteiger partial charge in [-0.3, -0.25) is 4.79 Å². The Bertz CT molecular complexity index is 439. The summed E-state index contributed by atoms with van der Waals surface area (Å²) in [4.78, 5) is 11.4. The van der Waals surface area contributed by atoms with E-state index in [0.29, 0.717) is 6.54 Å². The van der Waals surface area contributed by atoms with E-state index < -0.39 is 0 Å². The lowest BCUT2D eigenvalue weighted by molar-refractivity contribution is -0.124. The molecule has 1 heterocycles. The molecule has 1 aromatic carbocycles. The van der Waals surface area contributed by atoms with E-state index in [9.17, 15) is 4.79 Å². The van der Waals surface area contributed by atoms with Crippen molar-refractivity contribution in [1.82, 2.24) is 5.32 Å². The Morgan fingerprint density at radius 1 is 1.11 bits per heavy atom. The summed E-state index contributed by atoms with van der Waals surface area (Å²) < 4.78 is 11.3. The zero-order chi connectivity index (χ0) is 13.1. The lowest BCUT2D eigenvalue weighted by Gasteiger charge is -2.11. The molecular weight excluding hydrogens is 242 g/mol. The number of carbonyl (C=O) groups excluding carboxylic acids is 1. The van der Waals surface area contributed by atoms with Gasteiger partial charge in [-0.25, -0.2) is 0 Å². The van der Waals surface area contributed by atoms with Crippen molar-refractivity contribution in [2.75, 3.05) is 13.2 Å². The molecule has 4 heteroatoms. The van der Waals surface area contributed by atoms with Gasteiger partial charge in [0.2, 0.25) is 0 Å². The highest BCUT2D eigenvalue weighted by Crippen LogP contribution is 2.32. The van der Waals surface area contributed by atoms with Gasteiger partial charge in [0, 0.05) is 13.0 Å². The lowest BCUT2D eigenvalue weighted by Crippen LogP contribution is -2.27. The number of carbonyl (C=O) groups is 1. The predicted molar refractivity (Wildman–Crippen MR) is 71.3 cm³/mol. The van der Waals surface area contributed by atoms with E-state index in [1.54, 1.807) is 0 Å². The zero-order valence-electron chi connectivity index (χ0n) is 10.9. The molecule has 2 fully saturated rings. The van der Waals surface area contributed by atoms with E-state index in [4.69, 9.17) is 9.47 Å². The van der Waals surface area contributed by atoms with Gasteiger partial charge >= 0.3 is 0 Å². The Kier molecular flexibility index (Phi) is 3.58. The molecule has 102 valence electrons. The normalized spacial score (nSPS) is 22.1. The number of nitrogens with one attached hydrogen (secondary N) is 1. The molecule has 1 aliphatic carbocycles. The second-order valence-corrected chi connectivity index (χ2v) is 5.24. The molecule has 1 amide bonds. The average Bonchev–Trinajstić information content (AvgIpc) is 3.16. The number of benzene rings is 1. The summed E-state index contributed by atoms with van der Waals surface area (Å²) in [6, 6.07) is 7.51. The lowest BCUT2D eigenvalue weighted by atomic mass is 10.3. The number of rotatable bonds is 6. The van der Waals surface area contributed by atoms with E-state index in [1.807, 2.05) is 24.3 Å². The van der Waals surface area contributed by atoms with E-state index >= 15 is 0 Å². The van der Waals surface area contributed by atoms with Gasteiger partial charge in [-0.1, -0.05) is 12.8 Å². The molecule has 1 aromatic rings. The van der Waals surface area contributed by atoms with Crippen LogP contribution in [0.3, 0.4) is 0 Å². The molecule has 4 nitrogen and oxygen atoms in total. The number of amides is 1. The van der Waals surface area contributed by atoms with Gasteiger partial charge in [0.15, 0.2) is 6.10 Å². The Balaban J connectivity index is 1.48. The molecule has 1 saturated carbocycles. The van der Waals surface area contributed by atoms with Crippen molar-refractivity contribution in [2.45, 2.75) is 31.8 Å². The quantitative estimate of drug-likeness (QED) is 0.853. The van der Waals surface area contributed by atoms with Crippen LogP contribution in [-0.2, 0) is 4.79 Å². The molecule has 1 aliphatic heterocycles. The molecule has 0 aromatic heterocycles. The fourth-order valence-corrected chi connectivity index (χ4v) is 2.21. The predicted octanol–water partition coefficient (Wildman–Crippen LogP) is 2.13. The van der Waals surface area contributed by atoms with Gasteiger partial charge in [-0.2, -0.15) is 0 Å². The summed E-state index contributed by atoms with van der Waals surface area (Å²) in [5.74, 6) is 2.45. The van der Waals surface area contributed by atoms with Crippen LogP contribution >= 0.6 is 0 Å². The van der Waals surface area contributed by atoms with Crippen molar-refractivity contribution in [1.29, 1.82) is 0 Å². The first-order valence-corrected chi connectivity index (χ1v) is 6.98. The maximum absolute atomic E-state index is 11.4. The molecule has 1 N–H and O–H groups in total. The minimum atomic E-state index is -0.346. The third kappa shape index (κ3) is 3.40. The first-order chi connectivity index (χ1) is 9.31. The monoisotopic (exact) mass is 261 g/mol. The first kappa shape index (κ1) is 12.3. The third-order valence-electron chi connectivity index (χ3n) is 3.59. The number of hydrogen-bond acceptors (Lipinski definition) is 3. The Hall–Kier alpha value is -1.71. The van der Waals surface area contributed by atoms with Crippen LogP contribution in [0, 0.1) is 5.92 Å². The van der Waals surface area contributed by atoms with Crippen molar-refractivity contribution >= 4 is 5.91 Å². The van der Waals surface area contributed by atoms with Gasteiger partial charge < -0.3 is 14.8 Å². The van der Waals surface area contributed by atoms with Crippen LogP contribution in [0.4, 0.5) is 0 Å². The molecular formula is C15H19NO3. The van der Waals surface area contributed by atoms with Crippen molar-refractivity contribution < 1.29 is 14.3 Å². The van der Waals surface area contributed by atoms with Gasteiger partial charge in [0.1, 0.15) is 11.5 Å². The largest absolute Gasteiger partial charge is 0.494 e. The van der Waals surface area contributed by atoms with E-state index in [2.05, 4.69) is 5.32 Å². The minimum Gasteiger partial charge on any atom is -0.494 e. The summed E-state index contributed by atoms with van der Waals surface area (Å²) in [6.45, 7) is 1.49. The second-order valence-electron chi connectivity index (χ2n) is 5.24. The Morgan fingerprint density at radius 2 is 1.84 bits per heavy atom. The molecule has 2 aliphatic rings. The number of ether oxygens (including phenoxy) is 2. The van der Waals surface area contributed by atoms with Crippen LogP contribution < -0.4 is 14.8 Å². The molecule has 3 rings (SSSR count). The highest BCUT2D eigenvalue weighted by atomic mass is 16.5. The highest BCUT2D eigenvalue weighted by molar-refractivity contribution is 5.83. The molecule has 1 saturated heterocycles. The van der Waals surface area contributed by atoms with Crippen molar-refractivity contribution in [2.24, 2.45) is 5.92 Å². The summed E-state index contributed by atoms with van der Waals surface area (Å²) in [6.07, 6.45) is 4.26. The third-order valence-corrected chi connectivity index (χ3v) is 3.59. The molecule has 0 bridgehead atoms. The zero-order valence-corrected chi connectivity index (χ0v) is 10.9. The fourth-order valence-electron chi connectivity index (χ4n) is 2.21. The minimum absolute atomic E-state index is 0.0234. The van der Waals surface area contributed by atoms with Crippen LogP contribution in [0.15, 0.2) is 24.3 Å². The average molecular weight is 261 g/mol. The Labute approximate surface area is 113 Å². The second kappa shape index (κ2) is 5.51. The summed E-state index contributed by atoms with van der Waals surface area (Å²) in [5, 5.41) is 2.76. The number of hydrogen-bond donors (Lipinski definition) is 1. The van der Waals surface area contributed by atoms with Gasteiger partial charge in [-0.15, -0.1) is 0 Å². The molecule has 0 spiro atoms. The summed E-state index contributed by atoms with van der Waals surface area (Å²) in [7, 11) is 0. The van der Waals surface area contributed by atoms with Gasteiger partial charge in [0.25, 0.3) is 5.91 Å². The van der Waals surface area contributed by atoms with Crippen LogP contribution in [-0.4, -0.2) is 25.2 Å². The van der Waals surface area contributed by atoms with Crippen LogP contribution in [0.2, 0.25) is 0 Å². The van der Waals surface area contributed by atoms with Crippen molar-refractivity contribution in [3.63, 3.8) is 0 Å². The fraction of sp³-hybridized carbons (Fsp3) is 0.533. The first-order valence-electron chi connectivity index (χ1n) is 6.98. The van der Waals surface area contributed by atoms with E-state index in [-0.39, 0.29) is 12.0 Å². The smallest absolute Gasteiger partial charge is 0.261 e. The SMILES string of the molecule is O=C1NCC[C@H]1Oc1ccc(OCCC2CC2)cc1. The standard InChI is InChI=1S/C15H19NO3/c17-15-14(7-9-16-15)19-13-5-3-12(4-6-13)18-10-8-11-1-2-11/h3-6,11,14H,1-2,7-10H2,(H,16,17)/t14-/m1/s1. The van der Waals surface area contributed by atoms with Crippen LogP contribution in [0.25, 0.3) is 0 Å². The van der Waals surface area contributed by atoms with E-state index in [1.165, 1.54) is 12.8 Å². The Morgan fingerprint density at radius 3 is 2.47 bits per heavy atom. The van der Waals surface area contributed by atoms with Crippen molar-refractivity contribution in [3.8, 4) is 11.5 Å². The molecule has 0 radical (unpaired) electrons. The van der Waals surface area contributed by atoms with Crippen molar-refractivity contribution in [3.05, 3.63) is 24.3 Å². The van der Waals surface area contributed by atoms with Gasteiger partial charge in [-0.05, 0) is 36.6 Å². The molecule has 1 atom stereocenters.